The van der Waals surface area contributed by atoms with Gasteiger partial charge in [-0.3, -0.25) is 0 Å². The standard InChI is InChI=1S/C13H16BrN3O/c14-12-5-3-10(4-6-12)9-17-13(15)11(8-16-17)2-1-7-18/h3-6,8,18H,1-2,7,9,15H2. The van der Waals surface area contributed by atoms with Crippen LogP contribution in [0.5, 0.6) is 0 Å². The normalized spacial score (nSPS) is 10.8. The number of hydrogen-bond donors (Lipinski definition) is 2. The Bertz CT molecular complexity index is 507. The molecule has 0 unspecified atom stereocenters. The van der Waals surface area contributed by atoms with Crippen molar-refractivity contribution >= 4 is 21.7 Å². The third kappa shape index (κ3) is 3.11. The first-order chi connectivity index (χ1) is 8.70. The second-order valence-electron chi connectivity index (χ2n) is 4.17. The van der Waals surface area contributed by atoms with Gasteiger partial charge in [0.05, 0.1) is 12.7 Å². The van der Waals surface area contributed by atoms with Gasteiger partial charge in [-0.2, -0.15) is 5.10 Å². The van der Waals surface area contributed by atoms with Gasteiger partial charge < -0.3 is 10.8 Å². The summed E-state index contributed by atoms with van der Waals surface area (Å²) >= 11 is 3.41. The van der Waals surface area contributed by atoms with Crippen molar-refractivity contribution in [3.05, 3.63) is 46.1 Å². The van der Waals surface area contributed by atoms with E-state index in [0.29, 0.717) is 18.8 Å². The maximum Gasteiger partial charge on any atom is 0.125 e. The quantitative estimate of drug-likeness (QED) is 0.890. The lowest BCUT2D eigenvalue weighted by atomic mass is 10.2. The Morgan fingerprint density at radius 3 is 2.67 bits per heavy atom. The number of rotatable bonds is 5. The summed E-state index contributed by atoms with van der Waals surface area (Å²) in [6.07, 6.45) is 3.26. The number of nitrogen functional groups attached to an aromatic ring is 1. The molecule has 0 aliphatic rings. The van der Waals surface area contributed by atoms with Crippen LogP contribution in [0.1, 0.15) is 17.5 Å². The third-order valence-electron chi connectivity index (χ3n) is 2.81. The van der Waals surface area contributed by atoms with Gasteiger partial charge in [-0.1, -0.05) is 28.1 Å². The van der Waals surface area contributed by atoms with E-state index in [9.17, 15) is 0 Å². The van der Waals surface area contributed by atoms with Crippen LogP contribution in [0.15, 0.2) is 34.9 Å². The number of anilines is 1. The lowest BCUT2D eigenvalue weighted by Gasteiger charge is -2.05. The Labute approximate surface area is 115 Å². The van der Waals surface area contributed by atoms with E-state index in [4.69, 9.17) is 10.8 Å². The first kappa shape index (κ1) is 13.1. The molecule has 0 aliphatic carbocycles. The molecule has 3 N–H and O–H groups in total. The number of aliphatic hydroxyl groups is 1. The average Bonchev–Trinajstić information content (AvgIpc) is 2.71. The lowest BCUT2D eigenvalue weighted by molar-refractivity contribution is 0.288. The monoisotopic (exact) mass is 309 g/mol. The summed E-state index contributed by atoms with van der Waals surface area (Å²) in [5.41, 5.74) is 8.19. The highest BCUT2D eigenvalue weighted by Crippen LogP contribution is 2.16. The summed E-state index contributed by atoms with van der Waals surface area (Å²) < 4.78 is 2.85. The van der Waals surface area contributed by atoms with Crippen LogP contribution in [0.4, 0.5) is 5.82 Å². The fourth-order valence-electron chi connectivity index (χ4n) is 1.78. The fourth-order valence-corrected chi connectivity index (χ4v) is 2.05. The van der Waals surface area contributed by atoms with E-state index in [2.05, 4.69) is 21.0 Å². The van der Waals surface area contributed by atoms with Crippen LogP contribution >= 0.6 is 15.9 Å². The summed E-state index contributed by atoms with van der Waals surface area (Å²) in [7, 11) is 0. The van der Waals surface area contributed by atoms with Gasteiger partial charge >= 0.3 is 0 Å². The summed E-state index contributed by atoms with van der Waals surface area (Å²) in [6, 6.07) is 8.08. The zero-order valence-electron chi connectivity index (χ0n) is 10.0. The van der Waals surface area contributed by atoms with E-state index < -0.39 is 0 Å². The van der Waals surface area contributed by atoms with Crippen molar-refractivity contribution in [2.75, 3.05) is 12.3 Å². The molecule has 4 nitrogen and oxygen atoms in total. The first-order valence-electron chi connectivity index (χ1n) is 5.86. The van der Waals surface area contributed by atoms with Gasteiger partial charge in [-0.15, -0.1) is 0 Å². The van der Waals surface area contributed by atoms with Crippen molar-refractivity contribution in [2.45, 2.75) is 19.4 Å². The SMILES string of the molecule is Nc1c(CCCO)cnn1Cc1ccc(Br)cc1. The number of halogens is 1. The summed E-state index contributed by atoms with van der Waals surface area (Å²) in [5, 5.41) is 13.1. The Balaban J connectivity index is 2.09. The van der Waals surface area contributed by atoms with Gasteiger partial charge in [0.15, 0.2) is 0 Å². The molecule has 0 aliphatic heterocycles. The van der Waals surface area contributed by atoms with Crippen molar-refractivity contribution in [1.82, 2.24) is 9.78 Å². The maximum absolute atomic E-state index is 8.81. The molecule has 0 fully saturated rings. The number of benzene rings is 1. The molecular formula is C13H16BrN3O. The molecule has 0 radical (unpaired) electrons. The summed E-state index contributed by atoms with van der Waals surface area (Å²) in [6.45, 7) is 0.843. The molecule has 0 saturated heterocycles. The van der Waals surface area contributed by atoms with Gasteiger partial charge in [-0.25, -0.2) is 4.68 Å². The van der Waals surface area contributed by atoms with Crippen LogP contribution in [-0.2, 0) is 13.0 Å². The second-order valence-corrected chi connectivity index (χ2v) is 5.08. The molecule has 1 heterocycles. The fraction of sp³-hybridized carbons (Fsp3) is 0.308. The summed E-state index contributed by atoms with van der Waals surface area (Å²) in [5.74, 6) is 0.686. The summed E-state index contributed by atoms with van der Waals surface area (Å²) in [4.78, 5) is 0. The predicted octanol–water partition coefficient (Wildman–Crippen LogP) is 2.20. The number of aliphatic hydroxyl groups excluding tert-OH is 1. The van der Waals surface area contributed by atoms with Crippen molar-refractivity contribution in [3.8, 4) is 0 Å². The molecule has 0 saturated carbocycles. The molecule has 5 heteroatoms. The molecule has 2 rings (SSSR count). The van der Waals surface area contributed by atoms with Crippen LogP contribution in [-0.4, -0.2) is 21.5 Å². The molecule has 0 atom stereocenters. The second kappa shape index (κ2) is 6.02. The minimum absolute atomic E-state index is 0.178. The van der Waals surface area contributed by atoms with E-state index >= 15 is 0 Å². The molecule has 1 aromatic heterocycles. The van der Waals surface area contributed by atoms with Crippen LogP contribution in [0.25, 0.3) is 0 Å². The molecule has 1 aromatic carbocycles. The maximum atomic E-state index is 8.81. The Kier molecular flexibility index (Phi) is 4.38. The van der Waals surface area contributed by atoms with E-state index in [1.807, 2.05) is 24.3 Å². The zero-order valence-corrected chi connectivity index (χ0v) is 11.6. The first-order valence-corrected chi connectivity index (χ1v) is 6.65. The van der Waals surface area contributed by atoms with Crippen LogP contribution in [0.2, 0.25) is 0 Å². The van der Waals surface area contributed by atoms with Crippen molar-refractivity contribution in [1.29, 1.82) is 0 Å². The van der Waals surface area contributed by atoms with E-state index in [1.54, 1.807) is 10.9 Å². The highest BCUT2D eigenvalue weighted by molar-refractivity contribution is 9.10. The van der Waals surface area contributed by atoms with E-state index in [0.717, 1.165) is 22.0 Å². The molecule has 0 spiro atoms. The van der Waals surface area contributed by atoms with Gasteiger partial charge in [0.2, 0.25) is 0 Å². The number of aryl methyl sites for hydroxylation is 1. The van der Waals surface area contributed by atoms with Gasteiger partial charge in [-0.05, 0) is 30.5 Å². The third-order valence-corrected chi connectivity index (χ3v) is 3.34. The van der Waals surface area contributed by atoms with Crippen LogP contribution in [0, 0.1) is 0 Å². The highest BCUT2D eigenvalue weighted by Gasteiger charge is 2.07. The lowest BCUT2D eigenvalue weighted by Crippen LogP contribution is -2.06. The van der Waals surface area contributed by atoms with E-state index in [1.165, 1.54) is 0 Å². The largest absolute Gasteiger partial charge is 0.396 e. The Morgan fingerprint density at radius 1 is 1.28 bits per heavy atom. The van der Waals surface area contributed by atoms with Gasteiger partial charge in [0, 0.05) is 16.6 Å². The van der Waals surface area contributed by atoms with E-state index in [-0.39, 0.29) is 6.61 Å². The van der Waals surface area contributed by atoms with Crippen LogP contribution < -0.4 is 5.73 Å². The smallest absolute Gasteiger partial charge is 0.125 e. The zero-order chi connectivity index (χ0) is 13.0. The molecule has 0 amide bonds. The van der Waals surface area contributed by atoms with Gasteiger partial charge in [0.25, 0.3) is 0 Å². The number of nitrogens with zero attached hydrogens (tertiary/aromatic N) is 2. The number of aromatic nitrogens is 2. The molecule has 96 valence electrons. The average molecular weight is 310 g/mol. The van der Waals surface area contributed by atoms with Crippen molar-refractivity contribution in [3.63, 3.8) is 0 Å². The van der Waals surface area contributed by atoms with Crippen molar-refractivity contribution in [2.24, 2.45) is 0 Å². The molecule has 18 heavy (non-hydrogen) atoms. The minimum atomic E-state index is 0.178. The Hall–Kier alpha value is -1.33. The highest BCUT2D eigenvalue weighted by atomic mass is 79.9. The predicted molar refractivity (Wildman–Crippen MR) is 75.3 cm³/mol. The molecule has 2 aromatic rings. The molecule has 0 bridgehead atoms. The number of hydrogen-bond acceptors (Lipinski definition) is 3. The topological polar surface area (TPSA) is 64.1 Å². The Morgan fingerprint density at radius 2 is 2.00 bits per heavy atom. The molecular weight excluding hydrogens is 294 g/mol. The van der Waals surface area contributed by atoms with Gasteiger partial charge in [0.1, 0.15) is 5.82 Å². The minimum Gasteiger partial charge on any atom is -0.396 e. The van der Waals surface area contributed by atoms with Crippen LogP contribution in [0.3, 0.4) is 0 Å². The number of nitrogens with two attached hydrogens (primary N) is 1. The van der Waals surface area contributed by atoms with Crippen molar-refractivity contribution < 1.29 is 5.11 Å².